The maximum atomic E-state index is 12.8. The summed E-state index contributed by atoms with van der Waals surface area (Å²) in [6, 6.07) is 11.1. The molecule has 2 heterocycles. The summed E-state index contributed by atoms with van der Waals surface area (Å²) in [7, 11) is 1.50. The average Bonchev–Trinajstić information content (AvgIpc) is 3.22. The lowest BCUT2D eigenvalue weighted by Crippen LogP contribution is -2.43. The van der Waals surface area contributed by atoms with E-state index in [0.29, 0.717) is 31.7 Å². The van der Waals surface area contributed by atoms with Gasteiger partial charge in [0.25, 0.3) is 11.8 Å². The number of benzene rings is 1. The number of ketones is 1. The van der Waals surface area contributed by atoms with Gasteiger partial charge >= 0.3 is 0 Å². The number of anilines is 1. The van der Waals surface area contributed by atoms with E-state index in [9.17, 15) is 14.4 Å². The molecule has 8 nitrogen and oxygen atoms in total. The fraction of sp³-hybridized carbons (Fsp3) is 0.478. The zero-order valence-electron chi connectivity index (χ0n) is 18.3. The van der Waals surface area contributed by atoms with Crippen molar-refractivity contribution in [2.75, 3.05) is 25.5 Å². The molecule has 1 N–H and O–H groups in total. The maximum absolute atomic E-state index is 12.8. The molecule has 8 heteroatoms. The van der Waals surface area contributed by atoms with Crippen LogP contribution in [0, 0.1) is 5.92 Å². The van der Waals surface area contributed by atoms with Gasteiger partial charge in [0.2, 0.25) is 5.78 Å². The Hall–Kier alpha value is -3.00. The first kappa shape index (κ1) is 22.7. The zero-order chi connectivity index (χ0) is 22.4. The van der Waals surface area contributed by atoms with Crippen LogP contribution in [0.15, 0.2) is 42.6 Å². The monoisotopic (exact) mass is 426 g/mol. The molecule has 31 heavy (non-hydrogen) atoms. The van der Waals surface area contributed by atoms with Crippen molar-refractivity contribution in [1.82, 2.24) is 14.7 Å². The highest BCUT2D eigenvalue weighted by Crippen LogP contribution is 2.27. The third-order valence-electron chi connectivity index (χ3n) is 5.43. The van der Waals surface area contributed by atoms with Gasteiger partial charge in [-0.15, -0.1) is 0 Å². The second kappa shape index (κ2) is 10.3. The van der Waals surface area contributed by atoms with Crippen molar-refractivity contribution < 1.29 is 19.1 Å². The van der Waals surface area contributed by atoms with Gasteiger partial charge in [0.05, 0.1) is 12.2 Å². The lowest BCUT2D eigenvalue weighted by molar-refractivity contribution is -0.146. The van der Waals surface area contributed by atoms with Crippen molar-refractivity contribution >= 4 is 23.4 Å². The number of aromatic nitrogens is 2. The highest BCUT2D eigenvalue weighted by atomic mass is 16.5. The second-order valence-corrected chi connectivity index (χ2v) is 8.22. The second-order valence-electron chi connectivity index (χ2n) is 8.22. The molecule has 0 aliphatic carbocycles. The summed E-state index contributed by atoms with van der Waals surface area (Å²) >= 11 is 0. The maximum Gasteiger partial charge on any atom is 0.289 e. The van der Waals surface area contributed by atoms with Crippen LogP contribution in [-0.2, 0) is 19.1 Å². The van der Waals surface area contributed by atoms with Crippen LogP contribution in [0.4, 0.5) is 5.82 Å². The Morgan fingerprint density at radius 3 is 2.42 bits per heavy atom. The number of methoxy groups -OCH3 is 1. The molecule has 3 rings (SSSR count). The first-order valence-electron chi connectivity index (χ1n) is 10.6. The lowest BCUT2D eigenvalue weighted by Gasteiger charge is -2.32. The number of piperidine rings is 1. The van der Waals surface area contributed by atoms with E-state index in [0.717, 1.165) is 5.56 Å². The number of amides is 2. The predicted octanol–water partition coefficient (Wildman–Crippen LogP) is 2.99. The molecule has 1 aromatic heterocycles. The summed E-state index contributed by atoms with van der Waals surface area (Å²) in [6.07, 6.45) is 2.52. The fourth-order valence-corrected chi connectivity index (χ4v) is 3.87. The molecule has 1 aliphatic heterocycles. The van der Waals surface area contributed by atoms with E-state index in [-0.39, 0.29) is 30.1 Å². The number of nitrogens with zero attached hydrogens (tertiary/aromatic N) is 3. The summed E-state index contributed by atoms with van der Waals surface area (Å²) in [5.41, 5.74) is 0.770. The van der Waals surface area contributed by atoms with Gasteiger partial charge in [0, 0.05) is 32.7 Å². The number of nitrogens with one attached hydrogen (secondary N) is 1. The van der Waals surface area contributed by atoms with Crippen molar-refractivity contribution in [3.05, 3.63) is 48.2 Å². The average molecular weight is 427 g/mol. The van der Waals surface area contributed by atoms with E-state index in [4.69, 9.17) is 4.74 Å². The van der Waals surface area contributed by atoms with Gasteiger partial charge in [-0.3, -0.25) is 14.4 Å². The molecule has 0 spiro atoms. The van der Waals surface area contributed by atoms with Crippen molar-refractivity contribution in [3.8, 4) is 0 Å². The molecule has 2 amide bonds. The van der Waals surface area contributed by atoms with Crippen molar-refractivity contribution in [2.24, 2.45) is 5.92 Å². The number of ether oxygens (including phenoxy) is 1. The first-order chi connectivity index (χ1) is 14.9. The Morgan fingerprint density at radius 2 is 1.81 bits per heavy atom. The van der Waals surface area contributed by atoms with E-state index >= 15 is 0 Å². The smallest absolute Gasteiger partial charge is 0.289 e. The Kier molecular flexibility index (Phi) is 7.57. The molecule has 1 atom stereocenters. The van der Waals surface area contributed by atoms with Crippen LogP contribution >= 0.6 is 0 Å². The predicted molar refractivity (Wildman–Crippen MR) is 116 cm³/mol. The Bertz CT molecular complexity index is 901. The Balaban J connectivity index is 1.61. The minimum atomic E-state index is -0.726. The molecule has 1 aliphatic rings. The van der Waals surface area contributed by atoms with Crippen LogP contribution in [0.2, 0.25) is 0 Å². The lowest BCUT2D eigenvalue weighted by atomic mass is 10.0. The molecular formula is C23H30N4O4. The van der Waals surface area contributed by atoms with Gasteiger partial charge < -0.3 is 15.0 Å². The summed E-state index contributed by atoms with van der Waals surface area (Å²) in [4.78, 5) is 38.9. The fourth-order valence-electron chi connectivity index (χ4n) is 3.87. The molecule has 2 aromatic rings. The largest absolute Gasteiger partial charge is 0.367 e. The topological polar surface area (TPSA) is 93.5 Å². The number of likely N-dealkylation sites (tertiary alicyclic amines) is 1. The molecule has 1 aromatic carbocycles. The minimum Gasteiger partial charge on any atom is -0.367 e. The van der Waals surface area contributed by atoms with Crippen molar-refractivity contribution in [1.29, 1.82) is 0 Å². The van der Waals surface area contributed by atoms with E-state index in [1.165, 1.54) is 7.11 Å². The Labute approximate surface area is 182 Å². The highest BCUT2D eigenvalue weighted by Gasteiger charge is 2.29. The van der Waals surface area contributed by atoms with Gasteiger partial charge in [-0.25, -0.2) is 4.68 Å². The number of carbonyl (C=O) groups excluding carboxylic acids is 3. The van der Waals surface area contributed by atoms with Gasteiger partial charge in [0.15, 0.2) is 6.10 Å². The zero-order valence-corrected chi connectivity index (χ0v) is 18.3. The molecule has 0 saturated carbocycles. The van der Waals surface area contributed by atoms with Crippen molar-refractivity contribution in [3.63, 3.8) is 0 Å². The Morgan fingerprint density at radius 1 is 1.13 bits per heavy atom. The summed E-state index contributed by atoms with van der Waals surface area (Å²) in [5, 5.41) is 7.30. The van der Waals surface area contributed by atoms with Gasteiger partial charge in [0.1, 0.15) is 5.82 Å². The third kappa shape index (κ3) is 5.58. The quantitative estimate of drug-likeness (QED) is 0.655. The molecule has 1 fully saturated rings. The van der Waals surface area contributed by atoms with Crippen LogP contribution in [-0.4, -0.2) is 52.5 Å². The van der Waals surface area contributed by atoms with Crippen LogP contribution in [0.1, 0.15) is 50.8 Å². The minimum absolute atomic E-state index is 0.0345. The van der Waals surface area contributed by atoms with E-state index < -0.39 is 12.0 Å². The first-order valence-corrected chi connectivity index (χ1v) is 10.6. The summed E-state index contributed by atoms with van der Waals surface area (Å²) < 4.78 is 7.19. The molecular weight excluding hydrogens is 396 g/mol. The molecule has 0 bridgehead atoms. The standard InChI is InChI=1S/C23H30N4O4/c1-16(2)15-19(28)23(30)26-13-10-18(11-14-26)27-20(9-12-24-27)25-22(29)21(31-3)17-7-5-4-6-8-17/h4-9,12,16,18,21H,10-11,13-15H2,1-3H3,(H,25,29)/t21-/m0/s1. The van der Waals surface area contributed by atoms with Gasteiger partial charge in [-0.1, -0.05) is 44.2 Å². The number of hydrogen-bond acceptors (Lipinski definition) is 5. The van der Waals surface area contributed by atoms with Gasteiger partial charge in [-0.2, -0.15) is 5.10 Å². The number of Topliss-reactive ketones (excluding diaryl/α,β-unsaturated/α-hetero) is 1. The molecule has 0 radical (unpaired) electrons. The SMILES string of the molecule is CO[C@H](C(=O)Nc1ccnn1C1CCN(C(=O)C(=O)CC(C)C)CC1)c1ccccc1. The van der Waals surface area contributed by atoms with Crippen LogP contribution in [0.25, 0.3) is 0 Å². The third-order valence-corrected chi connectivity index (χ3v) is 5.43. The molecule has 166 valence electrons. The number of carbonyl (C=O) groups is 3. The summed E-state index contributed by atoms with van der Waals surface area (Å²) in [6.45, 7) is 4.84. The normalized spacial score (nSPS) is 15.7. The molecule has 1 saturated heterocycles. The summed E-state index contributed by atoms with van der Waals surface area (Å²) in [5.74, 6) is -0.249. The van der Waals surface area contributed by atoms with E-state index in [2.05, 4.69) is 10.4 Å². The molecule has 0 unspecified atom stereocenters. The van der Waals surface area contributed by atoms with E-state index in [1.54, 1.807) is 21.8 Å². The van der Waals surface area contributed by atoms with Crippen molar-refractivity contribution in [2.45, 2.75) is 45.3 Å². The van der Waals surface area contributed by atoms with Crippen LogP contribution < -0.4 is 5.32 Å². The number of rotatable bonds is 8. The van der Waals surface area contributed by atoms with Gasteiger partial charge in [-0.05, 0) is 24.3 Å². The highest BCUT2D eigenvalue weighted by molar-refractivity contribution is 6.36. The van der Waals surface area contributed by atoms with Crippen LogP contribution in [0.3, 0.4) is 0 Å². The number of hydrogen-bond donors (Lipinski definition) is 1. The van der Waals surface area contributed by atoms with E-state index in [1.807, 2.05) is 44.2 Å². The van der Waals surface area contributed by atoms with Crippen LogP contribution in [0.5, 0.6) is 0 Å².